The molecular weight excluding hydrogens is 385 g/mol. The van der Waals surface area contributed by atoms with Crippen LogP contribution < -0.4 is 15.4 Å². The van der Waals surface area contributed by atoms with E-state index in [0.717, 1.165) is 10.5 Å². The van der Waals surface area contributed by atoms with E-state index in [9.17, 15) is 13.2 Å². The van der Waals surface area contributed by atoms with Crippen LogP contribution in [0.4, 0.5) is 5.69 Å². The van der Waals surface area contributed by atoms with Crippen LogP contribution in [0.2, 0.25) is 10.0 Å². The van der Waals surface area contributed by atoms with Crippen LogP contribution in [0.15, 0.2) is 47.4 Å². The second-order valence-corrected chi connectivity index (χ2v) is 8.07. The summed E-state index contributed by atoms with van der Waals surface area (Å²) in [5.74, 6) is -0.255. The Morgan fingerprint density at radius 3 is 2.56 bits per heavy atom. The van der Waals surface area contributed by atoms with E-state index in [2.05, 4.69) is 5.32 Å². The van der Waals surface area contributed by atoms with Crippen molar-refractivity contribution in [1.82, 2.24) is 0 Å². The van der Waals surface area contributed by atoms with Gasteiger partial charge in [0.2, 0.25) is 10.0 Å². The molecule has 1 atom stereocenters. The van der Waals surface area contributed by atoms with Crippen LogP contribution in [-0.4, -0.2) is 27.9 Å². The average molecular weight is 403 g/mol. The zero-order chi connectivity index (χ0) is 18.6. The smallest absolute Gasteiger partial charge is 0.279 e. The summed E-state index contributed by atoms with van der Waals surface area (Å²) < 4.78 is 22.7. The van der Waals surface area contributed by atoms with Gasteiger partial charge < -0.3 is 10.2 Å². The Morgan fingerprint density at radius 1 is 1.20 bits per heavy atom. The molecule has 0 fully saturated rings. The number of likely N-dealkylation sites (N-methyl/N-ethyl adjacent to an activating group) is 1. The van der Waals surface area contributed by atoms with Crippen LogP contribution in [0.3, 0.4) is 0 Å². The van der Waals surface area contributed by atoms with E-state index in [1.54, 1.807) is 18.2 Å². The zero-order valence-electron chi connectivity index (χ0n) is 13.4. The topological polar surface area (TPSA) is 93.7 Å². The van der Waals surface area contributed by atoms with Crippen molar-refractivity contribution in [2.45, 2.75) is 11.4 Å². The molecule has 0 saturated heterocycles. The molecule has 0 radical (unpaired) electrons. The summed E-state index contributed by atoms with van der Waals surface area (Å²) in [6.07, 6.45) is 0. The number of nitrogens with two attached hydrogens (primary N) is 1. The molecule has 0 spiro atoms. The summed E-state index contributed by atoms with van der Waals surface area (Å²) >= 11 is 12.0. The number of carbonyl (C=O) groups is 1. The highest BCUT2D eigenvalue weighted by atomic mass is 35.5. The standard InChI is InChI=1S/C16H17Cl2N3O3S/c1-21(9-11-5-6-12(17)7-15(11)18)10-16(22)20-13-3-2-4-14(8-13)25(19,23)24/h2-8H,9-10H2,1H3,(H,20,22)(H2,19,23,24)/p+1. The van der Waals surface area contributed by atoms with Gasteiger partial charge in [0, 0.05) is 16.3 Å². The van der Waals surface area contributed by atoms with Crippen LogP contribution in [0.5, 0.6) is 0 Å². The van der Waals surface area contributed by atoms with Crippen molar-refractivity contribution in [3.8, 4) is 0 Å². The predicted molar refractivity (Wildman–Crippen MR) is 98.4 cm³/mol. The number of sulfonamides is 1. The summed E-state index contributed by atoms with van der Waals surface area (Å²) in [6.45, 7) is 0.721. The number of primary sulfonamides is 1. The van der Waals surface area contributed by atoms with E-state index in [1.165, 1.54) is 18.2 Å². The van der Waals surface area contributed by atoms with Crippen molar-refractivity contribution in [3.63, 3.8) is 0 Å². The normalized spacial score (nSPS) is 12.6. The molecule has 0 heterocycles. The van der Waals surface area contributed by atoms with Gasteiger partial charge in [-0.15, -0.1) is 0 Å². The molecule has 6 nitrogen and oxygen atoms in total. The minimum atomic E-state index is -3.82. The molecule has 0 aromatic heterocycles. The van der Waals surface area contributed by atoms with Gasteiger partial charge in [0.15, 0.2) is 6.54 Å². The lowest BCUT2D eigenvalue weighted by Gasteiger charge is -2.15. The highest BCUT2D eigenvalue weighted by Crippen LogP contribution is 2.20. The Hall–Kier alpha value is -1.64. The Morgan fingerprint density at radius 2 is 1.92 bits per heavy atom. The zero-order valence-corrected chi connectivity index (χ0v) is 15.8. The van der Waals surface area contributed by atoms with Gasteiger partial charge in [-0.3, -0.25) is 4.79 Å². The number of halogens is 2. The number of hydrogen-bond acceptors (Lipinski definition) is 3. The molecule has 4 N–H and O–H groups in total. The molecule has 0 bridgehead atoms. The van der Waals surface area contributed by atoms with Crippen molar-refractivity contribution in [1.29, 1.82) is 0 Å². The first-order valence-corrected chi connectivity index (χ1v) is 9.63. The molecule has 2 rings (SSSR count). The van der Waals surface area contributed by atoms with Crippen LogP contribution >= 0.6 is 23.2 Å². The first kappa shape index (κ1) is 19.7. The van der Waals surface area contributed by atoms with Crippen LogP contribution in [0.1, 0.15) is 5.56 Å². The number of anilines is 1. The molecule has 2 aromatic carbocycles. The number of quaternary nitrogens is 1. The van der Waals surface area contributed by atoms with Gasteiger partial charge in [0.1, 0.15) is 6.54 Å². The Bertz CT molecular complexity index is 888. The first-order chi connectivity index (χ1) is 11.6. The quantitative estimate of drug-likeness (QED) is 0.679. The SMILES string of the molecule is C[NH+](CC(=O)Nc1cccc(S(N)(=O)=O)c1)Cc1ccc(Cl)cc1Cl. The van der Waals surface area contributed by atoms with E-state index >= 15 is 0 Å². The Balaban J connectivity index is 1.98. The molecule has 25 heavy (non-hydrogen) atoms. The molecule has 0 aliphatic carbocycles. The Labute approximate surface area is 156 Å². The molecule has 0 saturated carbocycles. The summed E-state index contributed by atoms with van der Waals surface area (Å²) in [5, 5.41) is 8.85. The summed E-state index contributed by atoms with van der Waals surface area (Å²) in [5.41, 5.74) is 1.25. The Kier molecular flexibility index (Phi) is 6.42. The minimum Gasteiger partial charge on any atom is -0.326 e. The first-order valence-electron chi connectivity index (χ1n) is 7.33. The molecule has 134 valence electrons. The van der Waals surface area contributed by atoms with Gasteiger partial charge in [-0.1, -0.05) is 35.3 Å². The molecule has 0 aliphatic rings. The van der Waals surface area contributed by atoms with Gasteiger partial charge in [0.05, 0.1) is 17.0 Å². The third-order valence-corrected chi connectivity index (χ3v) is 4.91. The predicted octanol–water partition coefficient (Wildman–Crippen LogP) is 1.29. The van der Waals surface area contributed by atoms with Crippen molar-refractivity contribution in [2.75, 3.05) is 18.9 Å². The summed E-state index contributed by atoms with van der Waals surface area (Å²) in [6, 6.07) is 11.0. The largest absolute Gasteiger partial charge is 0.326 e. The van der Waals surface area contributed by atoms with E-state index in [4.69, 9.17) is 28.3 Å². The van der Waals surface area contributed by atoms with Crippen molar-refractivity contribution < 1.29 is 18.1 Å². The second kappa shape index (κ2) is 8.16. The van der Waals surface area contributed by atoms with E-state index in [1.807, 2.05) is 13.1 Å². The molecule has 2 aromatic rings. The fraction of sp³-hybridized carbons (Fsp3) is 0.188. The third-order valence-electron chi connectivity index (χ3n) is 3.42. The lowest BCUT2D eigenvalue weighted by Crippen LogP contribution is -3.08. The summed E-state index contributed by atoms with van der Waals surface area (Å²) in [4.78, 5) is 13.0. The highest BCUT2D eigenvalue weighted by molar-refractivity contribution is 7.89. The molecule has 1 unspecified atom stereocenters. The second-order valence-electron chi connectivity index (χ2n) is 5.67. The van der Waals surface area contributed by atoms with E-state index < -0.39 is 10.0 Å². The van der Waals surface area contributed by atoms with Crippen molar-refractivity contribution >= 4 is 44.8 Å². The maximum atomic E-state index is 12.1. The van der Waals surface area contributed by atoms with E-state index in [0.29, 0.717) is 22.3 Å². The molecule has 9 heteroatoms. The number of amides is 1. The third kappa shape index (κ3) is 5.98. The van der Waals surface area contributed by atoms with Gasteiger partial charge in [-0.05, 0) is 30.3 Å². The fourth-order valence-corrected chi connectivity index (χ4v) is 3.32. The van der Waals surface area contributed by atoms with Crippen molar-refractivity contribution in [2.24, 2.45) is 5.14 Å². The minimum absolute atomic E-state index is 0.0565. The van der Waals surface area contributed by atoms with Crippen LogP contribution in [0, 0.1) is 0 Å². The summed E-state index contributed by atoms with van der Waals surface area (Å²) in [7, 11) is -1.96. The average Bonchev–Trinajstić information content (AvgIpc) is 2.49. The molecule has 1 amide bonds. The number of benzene rings is 2. The number of rotatable bonds is 6. The monoisotopic (exact) mass is 402 g/mol. The maximum absolute atomic E-state index is 12.1. The number of hydrogen-bond donors (Lipinski definition) is 3. The van der Waals surface area contributed by atoms with Crippen LogP contribution in [-0.2, 0) is 21.4 Å². The van der Waals surface area contributed by atoms with Gasteiger partial charge in [0.25, 0.3) is 5.91 Å². The van der Waals surface area contributed by atoms with E-state index in [-0.39, 0.29) is 17.3 Å². The lowest BCUT2D eigenvalue weighted by atomic mass is 10.2. The van der Waals surface area contributed by atoms with Crippen LogP contribution in [0.25, 0.3) is 0 Å². The maximum Gasteiger partial charge on any atom is 0.279 e. The molecule has 0 aliphatic heterocycles. The van der Waals surface area contributed by atoms with Crippen molar-refractivity contribution in [3.05, 3.63) is 58.1 Å². The van der Waals surface area contributed by atoms with Gasteiger partial charge >= 0.3 is 0 Å². The molecular formula is C16H18Cl2N3O3S+. The number of nitrogens with one attached hydrogen (secondary N) is 2. The highest BCUT2D eigenvalue weighted by Gasteiger charge is 2.14. The fourth-order valence-electron chi connectivity index (χ4n) is 2.28. The van der Waals surface area contributed by atoms with Gasteiger partial charge in [-0.25, -0.2) is 13.6 Å². The number of carbonyl (C=O) groups excluding carboxylic acids is 1. The van der Waals surface area contributed by atoms with Gasteiger partial charge in [-0.2, -0.15) is 0 Å². The lowest BCUT2D eigenvalue weighted by molar-refractivity contribution is -0.885.